The molecule has 3 aromatic carbocycles. The first-order valence-corrected chi connectivity index (χ1v) is 13.5. The van der Waals surface area contributed by atoms with Gasteiger partial charge in [0, 0.05) is 6.54 Å². The van der Waals surface area contributed by atoms with Crippen LogP contribution in [0.1, 0.15) is 25.3 Å². The highest BCUT2D eigenvalue weighted by molar-refractivity contribution is 7.89. The van der Waals surface area contributed by atoms with Gasteiger partial charge in [-0.1, -0.05) is 54.6 Å². The van der Waals surface area contributed by atoms with E-state index in [2.05, 4.69) is 4.72 Å². The number of rotatable bonds is 12. The topological polar surface area (TPSA) is 90.9 Å². The quantitative estimate of drug-likeness (QED) is 0.289. The molecule has 0 bridgehead atoms. The minimum Gasteiger partial charge on any atom is -0.494 e. The lowest BCUT2D eigenvalue weighted by molar-refractivity contribution is -0.151. The maximum absolute atomic E-state index is 12.6. The highest BCUT2D eigenvalue weighted by Gasteiger charge is 2.42. The third kappa shape index (κ3) is 6.32. The van der Waals surface area contributed by atoms with Gasteiger partial charge in [-0.05, 0) is 54.3 Å². The summed E-state index contributed by atoms with van der Waals surface area (Å²) < 4.78 is 44.1. The number of benzene rings is 3. The van der Waals surface area contributed by atoms with Gasteiger partial charge in [0.25, 0.3) is 0 Å². The summed E-state index contributed by atoms with van der Waals surface area (Å²) in [4.78, 5) is 12.2. The Kier molecular flexibility index (Phi) is 8.40. The zero-order valence-corrected chi connectivity index (χ0v) is 21.1. The lowest BCUT2D eigenvalue weighted by Crippen LogP contribution is -2.48. The smallest absolute Gasteiger partial charge is 0.306 e. The molecule has 36 heavy (non-hydrogen) atoms. The van der Waals surface area contributed by atoms with Crippen molar-refractivity contribution < 1.29 is 27.4 Å². The molecule has 1 aliphatic heterocycles. The molecule has 4 rings (SSSR count). The van der Waals surface area contributed by atoms with Crippen LogP contribution in [-0.4, -0.2) is 47.4 Å². The molecular weight excluding hydrogens is 478 g/mol. The van der Waals surface area contributed by atoms with Crippen molar-refractivity contribution in [2.24, 2.45) is 0 Å². The Morgan fingerprint density at radius 2 is 1.61 bits per heavy atom. The van der Waals surface area contributed by atoms with Crippen LogP contribution in [0.3, 0.4) is 0 Å². The Morgan fingerprint density at radius 3 is 2.22 bits per heavy atom. The molecule has 0 spiro atoms. The second kappa shape index (κ2) is 11.7. The van der Waals surface area contributed by atoms with E-state index >= 15 is 0 Å². The molecule has 0 aromatic heterocycles. The van der Waals surface area contributed by atoms with Crippen LogP contribution < -0.4 is 9.46 Å². The molecule has 0 unspecified atom stereocenters. The first kappa shape index (κ1) is 25.9. The van der Waals surface area contributed by atoms with E-state index in [1.165, 1.54) is 0 Å². The summed E-state index contributed by atoms with van der Waals surface area (Å²) in [6.07, 6.45) is 0.805. The lowest BCUT2D eigenvalue weighted by Gasteiger charge is -2.41. The monoisotopic (exact) mass is 509 g/mol. The lowest BCUT2D eigenvalue weighted by atomic mass is 9.76. The Morgan fingerprint density at radius 1 is 0.944 bits per heavy atom. The van der Waals surface area contributed by atoms with Gasteiger partial charge in [0.15, 0.2) is 0 Å². The van der Waals surface area contributed by atoms with Gasteiger partial charge in [0.2, 0.25) is 10.0 Å². The van der Waals surface area contributed by atoms with Gasteiger partial charge in [0.1, 0.15) is 5.75 Å². The highest BCUT2D eigenvalue weighted by Crippen LogP contribution is 2.37. The van der Waals surface area contributed by atoms with Crippen LogP contribution in [0, 0.1) is 0 Å². The van der Waals surface area contributed by atoms with Crippen LogP contribution >= 0.6 is 0 Å². The summed E-state index contributed by atoms with van der Waals surface area (Å²) in [5, 5.41) is 0. The van der Waals surface area contributed by atoms with Crippen molar-refractivity contribution in [2.45, 2.75) is 30.1 Å². The Balaban J connectivity index is 1.23. The van der Waals surface area contributed by atoms with Crippen molar-refractivity contribution in [3.8, 4) is 16.9 Å². The number of hydrogen-bond acceptors (Lipinski definition) is 6. The number of ether oxygens (including phenoxy) is 3. The number of nitrogens with one attached hydrogen (secondary N) is 1. The van der Waals surface area contributed by atoms with Crippen molar-refractivity contribution in [2.75, 3.05) is 33.0 Å². The van der Waals surface area contributed by atoms with Gasteiger partial charge < -0.3 is 14.2 Å². The predicted molar refractivity (Wildman–Crippen MR) is 137 cm³/mol. The van der Waals surface area contributed by atoms with Crippen LogP contribution in [0.5, 0.6) is 5.75 Å². The van der Waals surface area contributed by atoms with Crippen molar-refractivity contribution >= 4 is 16.0 Å². The van der Waals surface area contributed by atoms with Crippen molar-refractivity contribution in [1.29, 1.82) is 0 Å². The fourth-order valence-corrected chi connectivity index (χ4v) is 5.20. The molecule has 0 radical (unpaired) electrons. The minimum absolute atomic E-state index is 0.226. The second-order valence-electron chi connectivity index (χ2n) is 8.77. The largest absolute Gasteiger partial charge is 0.494 e. The van der Waals surface area contributed by atoms with Crippen molar-refractivity contribution in [3.05, 3.63) is 84.4 Å². The van der Waals surface area contributed by atoms with E-state index in [0.717, 1.165) is 16.7 Å². The second-order valence-corrected chi connectivity index (χ2v) is 10.5. The van der Waals surface area contributed by atoms with Crippen LogP contribution in [0.25, 0.3) is 11.1 Å². The normalized spacial score (nSPS) is 14.6. The standard InChI is InChI=1S/C28H31NO6S/c1-2-34-27(30)19-28(20-33-21-28)24-11-13-25(14-12-24)35-18-6-17-29-36(31,32)26-15-9-23(10-16-26)22-7-4-3-5-8-22/h3-5,7-16,29H,2,6,17-21H2,1H3. The Hall–Kier alpha value is -3.20. The van der Waals surface area contributed by atoms with Crippen LogP contribution in [0.2, 0.25) is 0 Å². The summed E-state index contributed by atoms with van der Waals surface area (Å²) >= 11 is 0. The number of carbonyl (C=O) groups is 1. The minimum atomic E-state index is -3.59. The van der Waals surface area contributed by atoms with Gasteiger partial charge >= 0.3 is 5.97 Å². The number of sulfonamides is 1. The Bertz CT molecular complexity index is 1240. The summed E-state index contributed by atoms with van der Waals surface area (Å²) in [6.45, 7) is 3.76. The SMILES string of the molecule is CCOC(=O)CC1(c2ccc(OCCCNS(=O)(=O)c3ccc(-c4ccccc4)cc3)cc2)COC1. The molecule has 190 valence electrons. The molecule has 0 amide bonds. The van der Waals surface area contributed by atoms with Crippen LogP contribution in [0.4, 0.5) is 0 Å². The molecule has 7 nitrogen and oxygen atoms in total. The van der Waals surface area contributed by atoms with E-state index in [1.54, 1.807) is 19.1 Å². The molecule has 1 heterocycles. The first-order valence-electron chi connectivity index (χ1n) is 12.0. The van der Waals surface area contributed by atoms with E-state index in [4.69, 9.17) is 14.2 Å². The van der Waals surface area contributed by atoms with Crippen LogP contribution in [0.15, 0.2) is 83.8 Å². The molecule has 8 heteroatoms. The van der Waals surface area contributed by atoms with E-state index in [1.807, 2.05) is 66.7 Å². The Labute approximate surface area is 212 Å². The summed E-state index contributed by atoms with van der Waals surface area (Å²) in [5.74, 6) is 0.459. The fraction of sp³-hybridized carbons (Fsp3) is 0.321. The summed E-state index contributed by atoms with van der Waals surface area (Å²) in [5.41, 5.74) is 2.67. The average molecular weight is 510 g/mol. The van der Waals surface area contributed by atoms with Gasteiger partial charge in [-0.3, -0.25) is 4.79 Å². The molecule has 0 saturated carbocycles. The van der Waals surface area contributed by atoms with Crippen LogP contribution in [-0.2, 0) is 29.7 Å². The highest BCUT2D eigenvalue weighted by atomic mass is 32.2. The average Bonchev–Trinajstić information content (AvgIpc) is 2.87. The molecule has 3 aromatic rings. The number of esters is 1. The molecule has 0 atom stereocenters. The zero-order chi connectivity index (χ0) is 25.4. The van der Waals surface area contributed by atoms with E-state index in [-0.39, 0.29) is 29.2 Å². The number of hydrogen-bond donors (Lipinski definition) is 1. The number of carbonyl (C=O) groups excluding carboxylic acids is 1. The van der Waals surface area contributed by atoms with E-state index < -0.39 is 10.0 Å². The fourth-order valence-electron chi connectivity index (χ4n) is 4.12. The molecule has 1 saturated heterocycles. The molecular formula is C28H31NO6S. The van der Waals surface area contributed by atoms with E-state index in [9.17, 15) is 13.2 Å². The van der Waals surface area contributed by atoms with Gasteiger partial charge in [-0.25, -0.2) is 13.1 Å². The maximum Gasteiger partial charge on any atom is 0.306 e. The molecule has 1 N–H and O–H groups in total. The van der Waals surface area contributed by atoms with Gasteiger partial charge in [-0.2, -0.15) is 0 Å². The third-order valence-corrected chi connectivity index (χ3v) is 7.64. The van der Waals surface area contributed by atoms with Gasteiger partial charge in [0.05, 0.1) is 43.2 Å². The van der Waals surface area contributed by atoms with Crippen molar-refractivity contribution in [3.63, 3.8) is 0 Å². The molecule has 1 fully saturated rings. The van der Waals surface area contributed by atoms with Gasteiger partial charge in [-0.15, -0.1) is 0 Å². The zero-order valence-electron chi connectivity index (χ0n) is 20.3. The van der Waals surface area contributed by atoms with E-state index in [0.29, 0.717) is 38.6 Å². The third-order valence-electron chi connectivity index (χ3n) is 6.17. The summed E-state index contributed by atoms with van der Waals surface area (Å²) in [6, 6.07) is 24.3. The first-order chi connectivity index (χ1) is 17.4. The molecule has 1 aliphatic rings. The van der Waals surface area contributed by atoms with Crippen molar-refractivity contribution in [1.82, 2.24) is 4.72 Å². The summed E-state index contributed by atoms with van der Waals surface area (Å²) in [7, 11) is -3.59. The molecule has 0 aliphatic carbocycles. The maximum atomic E-state index is 12.6. The predicted octanol–water partition coefficient (Wildman–Crippen LogP) is 4.32.